The molecule has 0 saturated carbocycles. The van der Waals surface area contributed by atoms with E-state index in [0.29, 0.717) is 0 Å². The van der Waals surface area contributed by atoms with Gasteiger partial charge in [0.15, 0.2) is 0 Å². The first-order valence-electron chi connectivity index (χ1n) is 13.0. The number of benzene rings is 3. The smallest absolute Gasteiger partial charge is 0.0146 e. The van der Waals surface area contributed by atoms with E-state index in [0.717, 1.165) is 30.0 Å². The van der Waals surface area contributed by atoms with Crippen LogP contribution in [0.5, 0.6) is 5.75 Å². The van der Waals surface area contributed by atoms with E-state index < -0.39 is 13.5 Å². The minimum absolute atomic E-state index is 0. The topological polar surface area (TPSA) is 19.3 Å². The minimum atomic E-state index is -1.79. The Labute approximate surface area is 274 Å². The maximum atomic E-state index is 5.86. The Hall–Kier alpha value is -0.763. The number of aryl methyl sites for hydroxylation is 7. The van der Waals surface area contributed by atoms with Crippen molar-refractivity contribution in [2.75, 3.05) is 22.9 Å². The Morgan fingerprint density at radius 1 is 0.821 bits per heavy atom. The van der Waals surface area contributed by atoms with Gasteiger partial charge in [-0.1, -0.05) is 35.4 Å². The summed E-state index contributed by atoms with van der Waals surface area (Å²) in [7, 11) is 11.7. The molecule has 39 heavy (non-hydrogen) atoms. The van der Waals surface area contributed by atoms with Crippen LogP contribution in [0.1, 0.15) is 58.4 Å². The van der Waals surface area contributed by atoms with Crippen LogP contribution in [-0.4, -0.2) is 28.5 Å². The van der Waals surface area contributed by atoms with Gasteiger partial charge in [-0.15, -0.1) is 0 Å². The molecule has 1 aliphatic heterocycles. The molecule has 0 bridgehead atoms. The zero-order chi connectivity index (χ0) is 28.1. The van der Waals surface area contributed by atoms with E-state index in [9.17, 15) is 0 Å². The van der Waals surface area contributed by atoms with Gasteiger partial charge < -0.3 is 9.80 Å². The molecule has 0 spiro atoms. The monoisotopic (exact) mass is 730 g/mol. The van der Waals surface area contributed by atoms with Gasteiger partial charge in [-0.2, -0.15) is 6.67 Å². The fourth-order valence-corrected chi connectivity index (χ4v) is 7.03. The normalized spacial score (nSPS) is 13.1. The van der Waals surface area contributed by atoms with Crippen LogP contribution in [0.2, 0.25) is 0 Å². The number of ether oxygens (including phenoxy) is 1. The van der Waals surface area contributed by atoms with Crippen molar-refractivity contribution in [2.24, 2.45) is 0 Å². The van der Waals surface area contributed by atoms with Gasteiger partial charge in [-0.05, 0) is 63.8 Å². The van der Waals surface area contributed by atoms with E-state index in [1.54, 1.807) is 0 Å². The molecular weight excluding hydrogens is 689 g/mol. The number of aromatic hydroxyl groups is 1. The first-order chi connectivity index (χ1) is 17.8. The van der Waals surface area contributed by atoms with Crippen LogP contribution < -0.4 is 9.80 Å². The fraction of sp³-hybridized carbons (Fsp3) is 0.375. The number of rotatable bonds is 5. The summed E-state index contributed by atoms with van der Waals surface area (Å²) < 4.78 is 6.44. The van der Waals surface area contributed by atoms with Gasteiger partial charge in [0.05, 0.1) is 0 Å². The molecule has 0 aromatic heterocycles. The molecule has 1 aliphatic rings. The SMILES string of the molecule is Cc1[c-]cc([CH]=[Ru]([Cl])[Cl])c([OH+]C(C)C)c1.Cc1cc(C)c(N2[CH-]N(c3c(C)cc(C)cc3C)CC2)c(C)c1.[Y]. The maximum Gasteiger partial charge on any atom is 0.0146 e. The summed E-state index contributed by atoms with van der Waals surface area (Å²) in [6, 6.07) is 16.2. The molecule has 0 amide bonds. The van der Waals surface area contributed by atoms with Gasteiger partial charge in [-0.3, -0.25) is 0 Å². The molecule has 0 unspecified atom stereocenters. The Balaban J connectivity index is 0.000000292. The van der Waals surface area contributed by atoms with E-state index in [1.165, 1.54) is 44.8 Å². The average Bonchev–Trinajstić information content (AvgIpc) is 3.23. The van der Waals surface area contributed by atoms with Gasteiger partial charge in [0, 0.05) is 57.2 Å². The summed E-state index contributed by atoms with van der Waals surface area (Å²) in [6.07, 6.45) is 0.269. The second-order valence-electron chi connectivity index (χ2n) is 10.5. The molecule has 3 aromatic carbocycles. The zero-order valence-electron chi connectivity index (χ0n) is 24.6. The number of anilines is 2. The molecule has 1 heterocycles. The first-order valence-corrected chi connectivity index (χ1v) is 18.4. The molecule has 3 nitrogen and oxygen atoms in total. The van der Waals surface area contributed by atoms with Gasteiger partial charge in [-0.25, -0.2) is 0 Å². The van der Waals surface area contributed by atoms with E-state index in [1.807, 2.05) is 37.5 Å². The summed E-state index contributed by atoms with van der Waals surface area (Å²) in [5.41, 5.74) is 12.9. The van der Waals surface area contributed by atoms with Gasteiger partial charge in [0.2, 0.25) is 0 Å². The molecular formula is C32H41Cl2N2ORuY-. The van der Waals surface area contributed by atoms with Crippen molar-refractivity contribution in [2.45, 2.75) is 68.4 Å². The van der Waals surface area contributed by atoms with Crippen molar-refractivity contribution in [1.82, 2.24) is 0 Å². The van der Waals surface area contributed by atoms with Gasteiger partial charge in [0.1, 0.15) is 0 Å². The van der Waals surface area contributed by atoms with Crippen molar-refractivity contribution in [1.29, 1.82) is 0 Å². The molecule has 1 fully saturated rings. The summed E-state index contributed by atoms with van der Waals surface area (Å²) in [5, 5.41) is 0. The third kappa shape index (κ3) is 9.65. The molecule has 0 atom stereocenters. The Kier molecular flexibility index (Phi) is 13.7. The molecule has 1 saturated heterocycles. The Morgan fingerprint density at radius 3 is 1.64 bits per heavy atom. The van der Waals surface area contributed by atoms with Crippen molar-refractivity contribution >= 4 is 35.4 Å². The van der Waals surface area contributed by atoms with Crippen molar-refractivity contribution in [3.8, 4) is 5.75 Å². The molecule has 211 valence electrons. The third-order valence-electron chi connectivity index (χ3n) is 6.39. The van der Waals surface area contributed by atoms with Crippen LogP contribution in [0.25, 0.3) is 0 Å². The van der Waals surface area contributed by atoms with Crippen molar-refractivity contribution in [3.63, 3.8) is 0 Å². The summed E-state index contributed by atoms with van der Waals surface area (Å²) in [6.45, 7) is 23.7. The summed E-state index contributed by atoms with van der Waals surface area (Å²) >= 11 is -1.79. The Morgan fingerprint density at radius 2 is 1.26 bits per heavy atom. The third-order valence-corrected chi connectivity index (χ3v) is 8.23. The number of hydrogen-bond donors (Lipinski definition) is 0. The maximum absolute atomic E-state index is 5.86. The van der Waals surface area contributed by atoms with Crippen LogP contribution in [0, 0.1) is 61.2 Å². The largest absolute Gasteiger partial charge is 0.502 e. The van der Waals surface area contributed by atoms with E-state index in [4.69, 9.17) is 19.4 Å². The van der Waals surface area contributed by atoms with Crippen molar-refractivity contribution < 1.29 is 51.0 Å². The van der Waals surface area contributed by atoms with Crippen LogP contribution in [0.4, 0.5) is 11.4 Å². The molecule has 1 N–H and O–H groups in total. The predicted molar refractivity (Wildman–Crippen MR) is 164 cm³/mol. The molecule has 7 heteroatoms. The quantitative estimate of drug-likeness (QED) is 0.149. The Bertz CT molecular complexity index is 1210. The standard InChI is InChI=1S/C21H27N2.C11H13O.2ClH.Ru.Y/c1-14-9-16(3)20(17(4)10-14)22-7-8-23(13-22)21-18(5)11-15(2)12-19(21)6;1-8(2)12-11-7-9(3)5-6-10(11)4;;;;/h9-13H,7-8H2,1-6H3;4,6-8H,1-3H3;2*1H;;/q2*-1;;;+2;/p-1. The molecule has 4 rings (SSSR count). The zero-order valence-corrected chi connectivity index (χ0v) is 30.7. The van der Waals surface area contributed by atoms with Crippen molar-refractivity contribution in [3.05, 3.63) is 93.6 Å². The average molecular weight is 731 g/mol. The van der Waals surface area contributed by atoms with Crippen LogP contribution in [0.3, 0.4) is 0 Å². The fourth-order valence-electron chi connectivity index (χ4n) is 5.24. The van der Waals surface area contributed by atoms with E-state index in [-0.39, 0.29) is 38.8 Å². The number of nitrogens with zero attached hydrogens (tertiary/aromatic N) is 2. The van der Waals surface area contributed by atoms with Gasteiger partial charge >= 0.3 is 104 Å². The second kappa shape index (κ2) is 15.5. The molecule has 3 aromatic rings. The summed E-state index contributed by atoms with van der Waals surface area (Å²) in [4.78, 5) is 4.81. The van der Waals surface area contributed by atoms with Gasteiger partial charge in [0.25, 0.3) is 0 Å². The second-order valence-corrected chi connectivity index (χ2v) is 16.2. The van der Waals surface area contributed by atoms with Crippen LogP contribution >= 0.6 is 19.4 Å². The van der Waals surface area contributed by atoms with E-state index in [2.05, 4.69) is 93.1 Å². The van der Waals surface area contributed by atoms with Crippen LogP contribution in [-0.2, 0) is 46.2 Å². The first kappa shape index (κ1) is 34.4. The number of aliphatic hydroxyl groups is 1. The minimum Gasteiger partial charge on any atom is -0.502 e. The molecule has 0 aliphatic carbocycles. The molecule has 1 radical (unpaired) electrons. The number of halogens is 2. The van der Waals surface area contributed by atoms with E-state index >= 15 is 0 Å². The summed E-state index contributed by atoms with van der Waals surface area (Å²) in [5.74, 6) is 0.959. The van der Waals surface area contributed by atoms with Crippen LogP contribution in [0.15, 0.2) is 36.4 Å². The predicted octanol–water partition coefficient (Wildman–Crippen LogP) is 8.50. The number of hydrogen-bond acceptors (Lipinski definition) is 2.